The smallest absolute Gasteiger partial charge is 0.407 e. The van der Waals surface area contributed by atoms with Crippen molar-refractivity contribution in [3.63, 3.8) is 0 Å². The van der Waals surface area contributed by atoms with Crippen LogP contribution in [0.2, 0.25) is 10.0 Å². The molecule has 1 aliphatic heterocycles. The fourth-order valence-electron chi connectivity index (χ4n) is 5.60. The Hall–Kier alpha value is -2.81. The molecule has 0 aromatic heterocycles. The highest BCUT2D eigenvalue weighted by Crippen LogP contribution is 2.31. The van der Waals surface area contributed by atoms with Gasteiger partial charge in [0.25, 0.3) is 5.91 Å². The molecule has 43 heavy (non-hydrogen) atoms. The number of likely N-dealkylation sites (tertiary alicyclic amines) is 1. The molecule has 10 heteroatoms. The molecule has 3 aromatic carbocycles. The van der Waals surface area contributed by atoms with Crippen LogP contribution in [0.15, 0.2) is 78.9 Å². The molecule has 2 amide bonds. The number of benzene rings is 3. The molecule has 3 N–H and O–H groups in total. The molecular weight excluding hydrogens is 609 g/mol. The van der Waals surface area contributed by atoms with E-state index in [9.17, 15) is 9.59 Å². The van der Waals surface area contributed by atoms with E-state index in [-0.39, 0.29) is 41.3 Å². The zero-order valence-electron chi connectivity index (χ0n) is 24.7. The van der Waals surface area contributed by atoms with Gasteiger partial charge < -0.3 is 25.3 Å². The van der Waals surface area contributed by atoms with Crippen LogP contribution in [0.25, 0.3) is 0 Å². The zero-order valence-corrected chi connectivity index (χ0v) is 27.1. The van der Waals surface area contributed by atoms with E-state index in [1.807, 2.05) is 80.7 Å². The van der Waals surface area contributed by atoms with E-state index in [1.165, 1.54) is 5.56 Å². The molecule has 3 aromatic rings. The quantitative estimate of drug-likeness (QED) is 0.251. The van der Waals surface area contributed by atoms with Gasteiger partial charge in [0.2, 0.25) is 0 Å². The van der Waals surface area contributed by atoms with E-state index in [0.717, 1.165) is 50.9 Å². The van der Waals surface area contributed by atoms with E-state index < -0.39 is 0 Å². The molecule has 1 heterocycles. The lowest BCUT2D eigenvalue weighted by atomic mass is 9.81. The molecular formula is C33H42Cl3N3O4. The van der Waals surface area contributed by atoms with Crippen LogP contribution in [0.1, 0.15) is 53.6 Å². The summed E-state index contributed by atoms with van der Waals surface area (Å²) in [7, 11) is 1.85. The summed E-state index contributed by atoms with van der Waals surface area (Å²) in [5, 5.41) is 4.23. The Kier molecular flexibility index (Phi) is 14.8. The number of hydrogen-bond donors (Lipinski definition) is 1. The molecule has 0 radical (unpaired) electrons. The van der Waals surface area contributed by atoms with Gasteiger partial charge in [0.1, 0.15) is 0 Å². The Balaban J connectivity index is 0.00000323. The molecule has 0 bridgehead atoms. The van der Waals surface area contributed by atoms with Crippen molar-refractivity contribution in [1.82, 2.24) is 15.1 Å². The predicted octanol–water partition coefficient (Wildman–Crippen LogP) is 6.66. The van der Waals surface area contributed by atoms with Crippen molar-refractivity contribution in [2.45, 2.75) is 44.1 Å². The fourth-order valence-corrected chi connectivity index (χ4v) is 5.91. The van der Waals surface area contributed by atoms with Crippen LogP contribution in [-0.4, -0.2) is 72.6 Å². The molecule has 1 aliphatic rings. The van der Waals surface area contributed by atoms with Crippen molar-refractivity contribution in [1.29, 1.82) is 0 Å². The Labute approximate surface area is 271 Å². The second-order valence-corrected chi connectivity index (χ2v) is 11.7. The second kappa shape index (κ2) is 17.5. The van der Waals surface area contributed by atoms with Crippen molar-refractivity contribution in [3.8, 4) is 0 Å². The van der Waals surface area contributed by atoms with Gasteiger partial charge in [-0.25, -0.2) is 4.79 Å². The van der Waals surface area contributed by atoms with Crippen LogP contribution in [0, 0.1) is 0 Å². The maximum atomic E-state index is 13.1. The zero-order chi connectivity index (χ0) is 29.2. The number of alkyl carbamates (subject to hydrolysis) is 1. The summed E-state index contributed by atoms with van der Waals surface area (Å²) in [6.07, 6.45) is 2.90. The molecule has 1 atom stereocenters. The molecule has 0 aliphatic carbocycles. The Morgan fingerprint density at radius 1 is 0.977 bits per heavy atom. The molecule has 1 saturated heterocycles. The summed E-state index contributed by atoms with van der Waals surface area (Å²) in [6.45, 7) is 5.29. The average Bonchev–Trinajstić information content (AvgIpc) is 2.98. The topological polar surface area (TPSA) is 93.4 Å². The van der Waals surface area contributed by atoms with E-state index >= 15 is 0 Å². The van der Waals surface area contributed by atoms with Crippen LogP contribution in [-0.2, 0) is 11.2 Å². The molecule has 0 saturated carbocycles. The van der Waals surface area contributed by atoms with Crippen molar-refractivity contribution in [2.75, 3.05) is 39.8 Å². The van der Waals surface area contributed by atoms with E-state index in [2.05, 4.69) is 22.3 Å². The molecule has 1 fully saturated rings. The van der Waals surface area contributed by atoms with E-state index in [4.69, 9.17) is 27.9 Å². The number of halogens is 3. The van der Waals surface area contributed by atoms with E-state index in [1.54, 1.807) is 4.90 Å². The number of piperidine rings is 1. The third kappa shape index (κ3) is 10.4. The number of ether oxygens (including phenoxy) is 1. The predicted molar refractivity (Wildman–Crippen MR) is 177 cm³/mol. The van der Waals surface area contributed by atoms with Crippen LogP contribution in [0.5, 0.6) is 0 Å². The normalized spacial score (nSPS) is 14.9. The van der Waals surface area contributed by atoms with Gasteiger partial charge in [-0.3, -0.25) is 4.79 Å². The minimum Gasteiger partial charge on any atom is -0.450 e. The monoisotopic (exact) mass is 649 g/mol. The fraction of sp³-hybridized carbons (Fsp3) is 0.394. The lowest BCUT2D eigenvalue weighted by Gasteiger charge is -2.42. The lowest BCUT2D eigenvalue weighted by Crippen LogP contribution is -2.56. The van der Waals surface area contributed by atoms with Crippen molar-refractivity contribution in [3.05, 3.63) is 106 Å². The number of carbonyl (C=O) groups is 2. The highest BCUT2D eigenvalue weighted by molar-refractivity contribution is 6.42. The van der Waals surface area contributed by atoms with Gasteiger partial charge in [-0.2, -0.15) is 0 Å². The average molecular weight is 651 g/mol. The third-order valence-electron chi connectivity index (χ3n) is 7.91. The van der Waals surface area contributed by atoms with Crippen LogP contribution in [0.4, 0.5) is 4.79 Å². The number of likely N-dealkylation sites (N-methyl/N-ethyl adjacent to an activating group) is 1. The summed E-state index contributed by atoms with van der Waals surface area (Å²) in [5.74, 6) is 0.0699. The maximum absolute atomic E-state index is 13.1. The number of nitrogens with zero attached hydrogens (tertiary/aromatic N) is 2. The van der Waals surface area contributed by atoms with Crippen molar-refractivity contribution < 1.29 is 19.8 Å². The summed E-state index contributed by atoms with van der Waals surface area (Å²) in [5.41, 5.74) is 2.58. The minimum atomic E-state index is -0.359. The number of amides is 2. The van der Waals surface area contributed by atoms with Gasteiger partial charge in [0, 0.05) is 43.7 Å². The van der Waals surface area contributed by atoms with E-state index in [0.29, 0.717) is 28.8 Å². The first kappa shape index (κ1) is 36.4. The maximum Gasteiger partial charge on any atom is 0.407 e. The lowest BCUT2D eigenvalue weighted by molar-refractivity contribution is 0.0776. The van der Waals surface area contributed by atoms with Crippen LogP contribution in [0.3, 0.4) is 0 Å². The van der Waals surface area contributed by atoms with Crippen LogP contribution < -0.4 is 5.32 Å². The van der Waals surface area contributed by atoms with Crippen LogP contribution >= 0.6 is 35.6 Å². The second-order valence-electron chi connectivity index (χ2n) is 10.8. The summed E-state index contributed by atoms with van der Waals surface area (Å²) >= 11 is 12.6. The number of hydrogen-bond acceptors (Lipinski definition) is 4. The summed E-state index contributed by atoms with van der Waals surface area (Å²) in [4.78, 5) is 29.8. The first-order valence-electron chi connectivity index (χ1n) is 14.3. The number of rotatable bonds is 11. The molecule has 1 unspecified atom stereocenters. The molecule has 234 valence electrons. The number of carbonyl (C=O) groups excluding carboxylic acids is 2. The third-order valence-corrected chi connectivity index (χ3v) is 8.65. The van der Waals surface area contributed by atoms with Gasteiger partial charge >= 0.3 is 6.09 Å². The van der Waals surface area contributed by atoms with Gasteiger partial charge in [-0.1, -0.05) is 77.8 Å². The molecule has 0 spiro atoms. The first-order valence-corrected chi connectivity index (χ1v) is 15.0. The Morgan fingerprint density at radius 2 is 1.60 bits per heavy atom. The van der Waals surface area contributed by atoms with Crippen molar-refractivity contribution >= 4 is 47.6 Å². The Morgan fingerprint density at radius 3 is 2.21 bits per heavy atom. The van der Waals surface area contributed by atoms with Crippen molar-refractivity contribution in [2.24, 2.45) is 0 Å². The highest BCUT2D eigenvalue weighted by Gasteiger charge is 2.37. The minimum absolute atomic E-state index is 0. The van der Waals surface area contributed by atoms with Gasteiger partial charge in [-0.05, 0) is 74.5 Å². The molecule has 4 rings (SSSR count). The number of nitrogens with one attached hydrogen (secondary N) is 1. The van der Waals surface area contributed by atoms with Gasteiger partial charge in [0.05, 0.1) is 16.7 Å². The first-order chi connectivity index (χ1) is 19.8. The largest absolute Gasteiger partial charge is 0.450 e. The summed E-state index contributed by atoms with van der Waals surface area (Å²) < 4.78 is 5.25. The SMILES string of the molecule is CCOC(=O)NC1(Cc2ccccc2)CCN(CCC(CN(C)C(=O)c2ccccc2)c2ccc(Cl)c(Cl)c2)CC1.Cl.O. The van der Waals surface area contributed by atoms with Gasteiger partial charge in [0.15, 0.2) is 0 Å². The van der Waals surface area contributed by atoms with Gasteiger partial charge in [-0.15, -0.1) is 12.4 Å². The standard InChI is InChI=1S/C33H39Cl2N3O3.ClH.H2O/c1-3-41-32(40)36-33(23-25-10-6-4-7-11-25)17-20-38(21-18-33)19-16-28(27-14-15-29(34)30(35)22-27)24-37(2)31(39)26-12-8-5-9-13-26;;/h4-15,22,28H,3,16-21,23-24H2,1-2H3,(H,36,40);1H;1H2. The molecule has 7 nitrogen and oxygen atoms in total. The Bertz CT molecular complexity index is 1290. The highest BCUT2D eigenvalue weighted by atomic mass is 35.5. The summed E-state index contributed by atoms with van der Waals surface area (Å²) in [6, 6.07) is 25.4.